The molecule has 0 unspecified atom stereocenters. The molecule has 92 valence electrons. The second-order valence-electron chi connectivity index (χ2n) is 4.50. The van der Waals surface area contributed by atoms with E-state index in [0.717, 1.165) is 5.56 Å². The van der Waals surface area contributed by atoms with Crippen molar-refractivity contribution in [3.8, 4) is 11.8 Å². The van der Waals surface area contributed by atoms with Crippen molar-refractivity contribution in [2.45, 2.75) is 25.9 Å². The minimum absolute atomic E-state index is 0.232. The molecule has 1 aromatic rings. The molecule has 0 aromatic heterocycles. The van der Waals surface area contributed by atoms with E-state index in [4.69, 9.17) is 10.00 Å². The van der Waals surface area contributed by atoms with Gasteiger partial charge < -0.3 is 4.74 Å². The lowest BCUT2D eigenvalue weighted by Gasteiger charge is -2.29. The van der Waals surface area contributed by atoms with Gasteiger partial charge in [0, 0.05) is 6.54 Å². The van der Waals surface area contributed by atoms with E-state index in [1.54, 1.807) is 12.1 Å². The summed E-state index contributed by atoms with van der Waals surface area (Å²) in [5.41, 5.74) is 0.241. The third kappa shape index (κ3) is 3.18. The molecule has 3 nitrogen and oxygen atoms in total. The van der Waals surface area contributed by atoms with Gasteiger partial charge in [-0.15, -0.1) is 0 Å². The number of halogens is 1. The Labute approximate surface area is 101 Å². The summed E-state index contributed by atoms with van der Waals surface area (Å²) in [6.45, 7) is 4.17. The molecular weight excluding hydrogens is 219 g/mol. The van der Waals surface area contributed by atoms with Crippen molar-refractivity contribution in [2.24, 2.45) is 0 Å². The molecule has 0 amide bonds. The first-order valence-electron chi connectivity index (χ1n) is 5.35. The molecule has 0 N–H and O–H groups in total. The number of nitrogens with zero attached hydrogens (tertiary/aromatic N) is 2. The van der Waals surface area contributed by atoms with Crippen LogP contribution < -0.4 is 4.74 Å². The van der Waals surface area contributed by atoms with Gasteiger partial charge in [-0.05, 0) is 38.6 Å². The van der Waals surface area contributed by atoms with Gasteiger partial charge >= 0.3 is 0 Å². The Hall–Kier alpha value is -1.60. The van der Waals surface area contributed by atoms with E-state index in [2.05, 4.69) is 6.07 Å². The van der Waals surface area contributed by atoms with Crippen LogP contribution in [-0.4, -0.2) is 24.6 Å². The minimum Gasteiger partial charge on any atom is -0.494 e. The van der Waals surface area contributed by atoms with Crippen molar-refractivity contribution < 1.29 is 9.13 Å². The number of rotatable bonds is 4. The van der Waals surface area contributed by atoms with Crippen LogP contribution in [0.5, 0.6) is 5.75 Å². The smallest absolute Gasteiger partial charge is 0.165 e. The van der Waals surface area contributed by atoms with Crippen LogP contribution in [0.3, 0.4) is 0 Å². The molecule has 0 heterocycles. The van der Waals surface area contributed by atoms with E-state index in [0.29, 0.717) is 6.54 Å². The fourth-order valence-corrected chi connectivity index (χ4v) is 1.37. The summed E-state index contributed by atoms with van der Waals surface area (Å²) in [4.78, 5) is 1.87. The van der Waals surface area contributed by atoms with Gasteiger partial charge in [-0.1, -0.05) is 6.07 Å². The van der Waals surface area contributed by atoms with E-state index < -0.39 is 5.54 Å². The predicted octanol–water partition coefficient (Wildman–Crippen LogP) is 2.57. The van der Waals surface area contributed by atoms with Crippen LogP contribution in [0.4, 0.5) is 4.39 Å². The van der Waals surface area contributed by atoms with E-state index in [-0.39, 0.29) is 11.6 Å². The topological polar surface area (TPSA) is 36.3 Å². The zero-order valence-electron chi connectivity index (χ0n) is 10.6. The lowest BCUT2D eigenvalue weighted by atomic mass is 10.0. The van der Waals surface area contributed by atoms with E-state index in [1.807, 2.05) is 25.8 Å². The van der Waals surface area contributed by atoms with Gasteiger partial charge in [-0.25, -0.2) is 4.39 Å². The van der Waals surface area contributed by atoms with Crippen LogP contribution in [-0.2, 0) is 6.54 Å². The van der Waals surface area contributed by atoms with E-state index in [9.17, 15) is 4.39 Å². The van der Waals surface area contributed by atoms with Gasteiger partial charge in [0.25, 0.3) is 0 Å². The number of hydrogen-bond donors (Lipinski definition) is 0. The first-order valence-corrected chi connectivity index (χ1v) is 5.35. The second-order valence-corrected chi connectivity index (χ2v) is 4.50. The SMILES string of the molecule is COc1ccc(CN(C)C(C)(C)C#N)cc1F. The normalized spacial score (nSPS) is 11.4. The number of ether oxygens (including phenoxy) is 1. The highest BCUT2D eigenvalue weighted by atomic mass is 19.1. The average Bonchev–Trinajstić information content (AvgIpc) is 2.29. The molecule has 0 saturated heterocycles. The van der Waals surface area contributed by atoms with Crippen molar-refractivity contribution in [1.29, 1.82) is 5.26 Å². The van der Waals surface area contributed by atoms with Crippen molar-refractivity contribution in [1.82, 2.24) is 4.90 Å². The van der Waals surface area contributed by atoms with Crippen LogP contribution in [0.1, 0.15) is 19.4 Å². The molecule has 0 saturated carbocycles. The van der Waals surface area contributed by atoms with Crippen molar-refractivity contribution in [3.05, 3.63) is 29.6 Å². The zero-order valence-corrected chi connectivity index (χ0v) is 10.6. The van der Waals surface area contributed by atoms with Gasteiger partial charge in [0.1, 0.15) is 5.54 Å². The van der Waals surface area contributed by atoms with Crippen LogP contribution in [0, 0.1) is 17.1 Å². The Morgan fingerprint density at radius 2 is 2.12 bits per heavy atom. The molecule has 4 heteroatoms. The van der Waals surface area contributed by atoms with Gasteiger partial charge in [0.05, 0.1) is 13.2 Å². The zero-order chi connectivity index (χ0) is 13.1. The quantitative estimate of drug-likeness (QED) is 0.806. The molecule has 0 spiro atoms. The monoisotopic (exact) mass is 236 g/mol. The maximum absolute atomic E-state index is 13.5. The molecule has 0 atom stereocenters. The summed E-state index contributed by atoms with van der Waals surface area (Å²) in [5.74, 6) is -0.149. The van der Waals surface area contributed by atoms with Crippen molar-refractivity contribution in [2.75, 3.05) is 14.2 Å². The third-order valence-corrected chi connectivity index (χ3v) is 2.86. The molecule has 0 radical (unpaired) electrons. The fraction of sp³-hybridized carbons (Fsp3) is 0.462. The highest BCUT2D eigenvalue weighted by Crippen LogP contribution is 2.20. The Balaban J connectivity index is 2.84. The number of methoxy groups -OCH3 is 1. The molecule has 0 fully saturated rings. The Bertz CT molecular complexity index is 438. The van der Waals surface area contributed by atoms with Gasteiger partial charge in [-0.3, -0.25) is 4.90 Å². The summed E-state index contributed by atoms with van der Waals surface area (Å²) in [6, 6.07) is 7.03. The number of benzene rings is 1. The van der Waals surface area contributed by atoms with Crippen LogP contribution in [0.25, 0.3) is 0 Å². The number of hydrogen-bond acceptors (Lipinski definition) is 3. The minimum atomic E-state index is -0.573. The molecule has 1 aromatic carbocycles. The average molecular weight is 236 g/mol. The van der Waals surface area contributed by atoms with Crippen molar-refractivity contribution in [3.63, 3.8) is 0 Å². The molecular formula is C13H17FN2O. The highest BCUT2D eigenvalue weighted by molar-refractivity contribution is 5.29. The Morgan fingerprint density at radius 3 is 2.59 bits per heavy atom. The maximum atomic E-state index is 13.5. The van der Waals surface area contributed by atoms with Gasteiger partial charge in [-0.2, -0.15) is 5.26 Å². The number of nitriles is 1. The van der Waals surface area contributed by atoms with Gasteiger partial charge in [0.15, 0.2) is 11.6 Å². The first kappa shape index (κ1) is 13.5. The summed E-state index contributed by atoms with van der Waals surface area (Å²) in [5, 5.41) is 8.99. The summed E-state index contributed by atoms with van der Waals surface area (Å²) in [7, 11) is 3.27. The van der Waals surface area contributed by atoms with Crippen LogP contribution in [0.15, 0.2) is 18.2 Å². The third-order valence-electron chi connectivity index (χ3n) is 2.86. The van der Waals surface area contributed by atoms with E-state index in [1.165, 1.54) is 13.2 Å². The van der Waals surface area contributed by atoms with Crippen LogP contribution >= 0.6 is 0 Å². The second kappa shape index (κ2) is 5.15. The molecule has 0 aliphatic carbocycles. The fourth-order valence-electron chi connectivity index (χ4n) is 1.37. The summed E-state index contributed by atoms with van der Waals surface area (Å²) in [6.07, 6.45) is 0. The lowest BCUT2D eigenvalue weighted by Crippen LogP contribution is -2.39. The highest BCUT2D eigenvalue weighted by Gasteiger charge is 2.22. The largest absolute Gasteiger partial charge is 0.494 e. The molecule has 17 heavy (non-hydrogen) atoms. The lowest BCUT2D eigenvalue weighted by molar-refractivity contribution is 0.202. The van der Waals surface area contributed by atoms with E-state index >= 15 is 0 Å². The summed E-state index contributed by atoms with van der Waals surface area (Å²) < 4.78 is 18.3. The van der Waals surface area contributed by atoms with Crippen LogP contribution in [0.2, 0.25) is 0 Å². The molecule has 0 aliphatic heterocycles. The maximum Gasteiger partial charge on any atom is 0.165 e. The molecule has 0 bridgehead atoms. The predicted molar refractivity (Wildman–Crippen MR) is 64.1 cm³/mol. The molecule has 0 aliphatic rings. The Morgan fingerprint density at radius 1 is 1.47 bits per heavy atom. The van der Waals surface area contributed by atoms with Crippen molar-refractivity contribution >= 4 is 0 Å². The molecule has 1 rings (SSSR count). The Kier molecular flexibility index (Phi) is 4.08. The first-order chi connectivity index (χ1) is 7.90. The van der Waals surface area contributed by atoms with Gasteiger partial charge in [0.2, 0.25) is 0 Å². The summed E-state index contributed by atoms with van der Waals surface area (Å²) >= 11 is 0. The standard InChI is InChI=1S/C13H17FN2O/c1-13(2,9-15)16(3)8-10-5-6-12(17-4)11(14)7-10/h5-7H,8H2,1-4H3.